The van der Waals surface area contributed by atoms with Crippen molar-refractivity contribution in [3.63, 3.8) is 0 Å². The van der Waals surface area contributed by atoms with Gasteiger partial charge in [-0.25, -0.2) is 0 Å². The fourth-order valence-electron chi connectivity index (χ4n) is 2.17. The fraction of sp³-hybridized carbons (Fsp3) is 0.438. The van der Waals surface area contributed by atoms with Crippen LogP contribution in [-0.2, 0) is 20.2 Å². The van der Waals surface area contributed by atoms with Gasteiger partial charge < -0.3 is 14.8 Å². The molecule has 0 atom stereocenters. The van der Waals surface area contributed by atoms with Gasteiger partial charge in [-0.05, 0) is 37.7 Å². The van der Waals surface area contributed by atoms with Gasteiger partial charge in [-0.3, -0.25) is 4.68 Å². The molecule has 0 saturated heterocycles. The van der Waals surface area contributed by atoms with E-state index >= 15 is 0 Å². The summed E-state index contributed by atoms with van der Waals surface area (Å²) in [6.45, 7) is 6.24. The summed E-state index contributed by atoms with van der Waals surface area (Å²) in [7, 11) is 3.60. The fourth-order valence-corrected chi connectivity index (χ4v) is 2.17. The van der Waals surface area contributed by atoms with Crippen molar-refractivity contribution in [1.29, 1.82) is 0 Å². The lowest BCUT2D eigenvalue weighted by molar-refractivity contribution is 0.290. The van der Waals surface area contributed by atoms with E-state index in [0.29, 0.717) is 6.61 Å². The van der Waals surface area contributed by atoms with E-state index in [-0.39, 0.29) is 0 Å². The Bertz CT molecular complexity index is 593. The van der Waals surface area contributed by atoms with Crippen LogP contribution in [0.25, 0.3) is 0 Å². The van der Waals surface area contributed by atoms with Gasteiger partial charge in [-0.1, -0.05) is 6.92 Å². The molecular weight excluding hydrogens is 266 g/mol. The van der Waals surface area contributed by atoms with Crippen molar-refractivity contribution in [3.8, 4) is 11.5 Å². The van der Waals surface area contributed by atoms with Gasteiger partial charge in [0.15, 0.2) is 0 Å². The summed E-state index contributed by atoms with van der Waals surface area (Å²) in [5.74, 6) is 1.71. The number of nitrogens with zero attached hydrogens (tertiary/aromatic N) is 2. The average Bonchev–Trinajstić information content (AvgIpc) is 2.81. The number of methoxy groups -OCH3 is 1. The molecule has 5 nitrogen and oxygen atoms in total. The molecule has 0 aliphatic heterocycles. The molecule has 1 heterocycles. The molecule has 0 unspecified atom stereocenters. The Hall–Kier alpha value is -2.01. The van der Waals surface area contributed by atoms with Crippen molar-refractivity contribution in [3.05, 3.63) is 41.2 Å². The molecule has 0 radical (unpaired) electrons. The molecule has 0 aliphatic carbocycles. The number of hydrogen-bond donors (Lipinski definition) is 1. The highest BCUT2D eigenvalue weighted by Crippen LogP contribution is 2.25. The average molecular weight is 289 g/mol. The predicted molar refractivity (Wildman–Crippen MR) is 82.7 cm³/mol. The highest BCUT2D eigenvalue weighted by Gasteiger charge is 2.08. The van der Waals surface area contributed by atoms with E-state index in [9.17, 15) is 0 Å². The van der Waals surface area contributed by atoms with Gasteiger partial charge in [0.1, 0.15) is 18.1 Å². The lowest BCUT2D eigenvalue weighted by atomic mass is 10.2. The number of aryl methyl sites for hydroxylation is 2. The maximum Gasteiger partial charge on any atom is 0.130 e. The van der Waals surface area contributed by atoms with Crippen molar-refractivity contribution in [2.24, 2.45) is 7.05 Å². The smallest absolute Gasteiger partial charge is 0.130 e. The SMILES string of the molecule is CCNCc1cc(OC)ccc1OCc1cc(C)nn1C. The third kappa shape index (κ3) is 3.98. The number of benzene rings is 1. The summed E-state index contributed by atoms with van der Waals surface area (Å²) in [6.07, 6.45) is 0. The Kier molecular flexibility index (Phi) is 5.22. The molecule has 5 heteroatoms. The Morgan fingerprint density at radius 1 is 1.29 bits per heavy atom. The van der Waals surface area contributed by atoms with Crippen LogP contribution >= 0.6 is 0 Å². The zero-order valence-electron chi connectivity index (χ0n) is 13.1. The summed E-state index contributed by atoms with van der Waals surface area (Å²) in [6, 6.07) is 7.91. The van der Waals surface area contributed by atoms with Crippen molar-refractivity contribution in [2.45, 2.75) is 27.0 Å². The molecule has 2 rings (SSSR count). The van der Waals surface area contributed by atoms with E-state index in [2.05, 4.69) is 17.3 Å². The van der Waals surface area contributed by atoms with E-state index in [0.717, 1.165) is 41.5 Å². The first kappa shape index (κ1) is 15.4. The minimum atomic E-state index is 0.503. The van der Waals surface area contributed by atoms with Gasteiger partial charge in [-0.2, -0.15) is 5.10 Å². The Morgan fingerprint density at radius 2 is 2.10 bits per heavy atom. The van der Waals surface area contributed by atoms with Crippen LogP contribution in [0.1, 0.15) is 23.9 Å². The van der Waals surface area contributed by atoms with Crippen LogP contribution in [0.4, 0.5) is 0 Å². The Labute approximate surface area is 125 Å². The number of nitrogens with one attached hydrogen (secondary N) is 1. The molecule has 114 valence electrons. The minimum absolute atomic E-state index is 0.503. The molecule has 1 N–H and O–H groups in total. The standard InChI is InChI=1S/C16H23N3O2/c1-5-17-10-13-9-15(20-4)6-7-16(13)21-11-14-8-12(2)18-19(14)3/h6-9,17H,5,10-11H2,1-4H3. The van der Waals surface area contributed by atoms with Crippen LogP contribution in [0.5, 0.6) is 11.5 Å². The number of rotatable bonds is 7. The van der Waals surface area contributed by atoms with Gasteiger partial charge >= 0.3 is 0 Å². The monoisotopic (exact) mass is 289 g/mol. The molecule has 0 amide bonds. The molecule has 0 spiro atoms. The lowest BCUT2D eigenvalue weighted by Gasteiger charge is -2.13. The second-order valence-corrected chi connectivity index (χ2v) is 4.94. The maximum absolute atomic E-state index is 5.96. The summed E-state index contributed by atoms with van der Waals surface area (Å²) in [5.41, 5.74) is 3.14. The van der Waals surface area contributed by atoms with Crippen LogP contribution in [0, 0.1) is 6.92 Å². The Balaban J connectivity index is 2.12. The van der Waals surface area contributed by atoms with Crippen LogP contribution in [-0.4, -0.2) is 23.4 Å². The van der Waals surface area contributed by atoms with Crippen molar-refractivity contribution < 1.29 is 9.47 Å². The first-order valence-corrected chi connectivity index (χ1v) is 7.14. The highest BCUT2D eigenvalue weighted by molar-refractivity contribution is 5.40. The Morgan fingerprint density at radius 3 is 2.71 bits per heavy atom. The van der Waals surface area contributed by atoms with Crippen LogP contribution in [0.15, 0.2) is 24.3 Å². The quantitative estimate of drug-likeness (QED) is 0.850. The van der Waals surface area contributed by atoms with Gasteiger partial charge in [0.2, 0.25) is 0 Å². The van der Waals surface area contributed by atoms with Gasteiger partial charge in [-0.15, -0.1) is 0 Å². The van der Waals surface area contributed by atoms with Gasteiger partial charge in [0.25, 0.3) is 0 Å². The molecule has 0 aliphatic rings. The zero-order chi connectivity index (χ0) is 15.2. The van der Waals surface area contributed by atoms with Crippen molar-refractivity contribution in [1.82, 2.24) is 15.1 Å². The second kappa shape index (κ2) is 7.13. The topological polar surface area (TPSA) is 48.3 Å². The number of hydrogen-bond acceptors (Lipinski definition) is 4. The zero-order valence-corrected chi connectivity index (χ0v) is 13.1. The summed E-state index contributed by atoms with van der Waals surface area (Å²) >= 11 is 0. The van der Waals surface area contributed by atoms with Gasteiger partial charge in [0.05, 0.1) is 18.5 Å². The maximum atomic E-state index is 5.96. The molecule has 2 aromatic rings. The van der Waals surface area contributed by atoms with Crippen LogP contribution < -0.4 is 14.8 Å². The molecule has 0 saturated carbocycles. The third-order valence-corrected chi connectivity index (χ3v) is 3.31. The van der Waals surface area contributed by atoms with Crippen molar-refractivity contribution in [2.75, 3.05) is 13.7 Å². The molecule has 0 bridgehead atoms. The number of ether oxygens (including phenoxy) is 2. The number of aromatic nitrogens is 2. The van der Waals surface area contributed by atoms with Gasteiger partial charge in [0, 0.05) is 19.2 Å². The minimum Gasteiger partial charge on any atom is -0.497 e. The molecule has 21 heavy (non-hydrogen) atoms. The van der Waals surface area contributed by atoms with E-state index in [1.165, 1.54) is 0 Å². The lowest BCUT2D eigenvalue weighted by Crippen LogP contribution is -2.13. The first-order valence-electron chi connectivity index (χ1n) is 7.14. The van der Waals surface area contributed by atoms with E-state index in [1.807, 2.05) is 42.9 Å². The van der Waals surface area contributed by atoms with E-state index < -0.39 is 0 Å². The van der Waals surface area contributed by atoms with Crippen molar-refractivity contribution >= 4 is 0 Å². The summed E-state index contributed by atoms with van der Waals surface area (Å²) < 4.78 is 13.1. The molecule has 1 aromatic carbocycles. The van der Waals surface area contributed by atoms with Crippen LogP contribution in [0.3, 0.4) is 0 Å². The third-order valence-electron chi connectivity index (χ3n) is 3.31. The summed E-state index contributed by atoms with van der Waals surface area (Å²) in [4.78, 5) is 0. The summed E-state index contributed by atoms with van der Waals surface area (Å²) in [5, 5.41) is 7.64. The highest BCUT2D eigenvalue weighted by atomic mass is 16.5. The normalized spacial score (nSPS) is 10.7. The largest absolute Gasteiger partial charge is 0.497 e. The molecule has 0 fully saturated rings. The molecular formula is C16H23N3O2. The van der Waals surface area contributed by atoms with Crippen LogP contribution in [0.2, 0.25) is 0 Å². The van der Waals surface area contributed by atoms with E-state index in [1.54, 1.807) is 7.11 Å². The second-order valence-electron chi connectivity index (χ2n) is 4.94. The molecule has 1 aromatic heterocycles. The van der Waals surface area contributed by atoms with E-state index in [4.69, 9.17) is 9.47 Å². The first-order chi connectivity index (χ1) is 10.1. The predicted octanol–water partition coefficient (Wildman–Crippen LogP) is 2.43.